The van der Waals surface area contributed by atoms with Crippen molar-refractivity contribution in [1.82, 2.24) is 14.8 Å². The summed E-state index contributed by atoms with van der Waals surface area (Å²) in [5.41, 5.74) is 4.94. The Hall–Kier alpha value is -3.09. The Morgan fingerprint density at radius 3 is 2.33 bits per heavy atom. The summed E-state index contributed by atoms with van der Waals surface area (Å²) >= 11 is 7.50. The monoisotopic (exact) mass is 518 g/mol. The second-order valence-corrected chi connectivity index (χ2v) is 11.4. The summed E-state index contributed by atoms with van der Waals surface area (Å²) in [6.45, 7) is 10.7. The SMILES string of the molecule is CC(C)c1ccccc1-n1c(SCC(=O)Nc2ccccc2C(C)(C)C)nnc1-c1ccc(Cl)cc1. The van der Waals surface area contributed by atoms with Crippen LogP contribution < -0.4 is 5.32 Å². The van der Waals surface area contributed by atoms with E-state index in [-0.39, 0.29) is 17.1 Å². The lowest BCUT2D eigenvalue weighted by atomic mass is 9.86. The smallest absolute Gasteiger partial charge is 0.234 e. The van der Waals surface area contributed by atoms with Gasteiger partial charge in [0.05, 0.1) is 11.4 Å². The third-order valence-electron chi connectivity index (χ3n) is 5.88. The van der Waals surface area contributed by atoms with Gasteiger partial charge in [0.15, 0.2) is 11.0 Å². The van der Waals surface area contributed by atoms with E-state index in [1.165, 1.54) is 17.3 Å². The van der Waals surface area contributed by atoms with Gasteiger partial charge in [0.25, 0.3) is 0 Å². The number of aromatic nitrogens is 3. The van der Waals surface area contributed by atoms with Crippen LogP contribution in [0.15, 0.2) is 78.0 Å². The molecule has 1 heterocycles. The summed E-state index contributed by atoms with van der Waals surface area (Å²) in [6.07, 6.45) is 0. The quantitative estimate of drug-likeness (QED) is 0.254. The summed E-state index contributed by atoms with van der Waals surface area (Å²) < 4.78 is 2.04. The van der Waals surface area contributed by atoms with E-state index in [0.717, 1.165) is 22.5 Å². The van der Waals surface area contributed by atoms with Crippen molar-refractivity contribution < 1.29 is 4.79 Å². The van der Waals surface area contributed by atoms with Gasteiger partial charge < -0.3 is 5.32 Å². The number of amides is 1. The second kappa shape index (κ2) is 10.9. The Balaban J connectivity index is 1.66. The first kappa shape index (κ1) is 26.0. The maximum absolute atomic E-state index is 13.0. The van der Waals surface area contributed by atoms with E-state index >= 15 is 0 Å². The molecule has 0 fully saturated rings. The number of para-hydroxylation sites is 2. The minimum atomic E-state index is -0.0866. The molecule has 5 nitrogen and oxygen atoms in total. The lowest BCUT2D eigenvalue weighted by molar-refractivity contribution is -0.113. The first-order valence-corrected chi connectivity index (χ1v) is 13.3. The largest absolute Gasteiger partial charge is 0.325 e. The average Bonchev–Trinajstić information content (AvgIpc) is 3.26. The molecule has 0 bridgehead atoms. The minimum absolute atomic E-state index is 0.0781. The number of hydrogen-bond acceptors (Lipinski definition) is 4. The van der Waals surface area contributed by atoms with Gasteiger partial charge >= 0.3 is 0 Å². The van der Waals surface area contributed by atoms with Gasteiger partial charge in [-0.25, -0.2) is 0 Å². The molecule has 1 amide bonds. The van der Waals surface area contributed by atoms with Crippen molar-refractivity contribution in [2.75, 3.05) is 11.1 Å². The number of nitrogens with one attached hydrogen (secondary N) is 1. The van der Waals surface area contributed by atoms with Crippen molar-refractivity contribution in [2.45, 2.75) is 51.1 Å². The molecule has 0 aliphatic heterocycles. The van der Waals surface area contributed by atoms with E-state index in [9.17, 15) is 4.79 Å². The molecule has 0 atom stereocenters. The van der Waals surface area contributed by atoms with E-state index in [4.69, 9.17) is 11.6 Å². The first-order valence-electron chi connectivity index (χ1n) is 12.0. The fourth-order valence-electron chi connectivity index (χ4n) is 4.11. The zero-order chi connectivity index (χ0) is 25.9. The molecule has 0 unspecified atom stereocenters. The number of carbonyl (C=O) groups is 1. The molecule has 36 heavy (non-hydrogen) atoms. The van der Waals surface area contributed by atoms with Crippen LogP contribution in [0.25, 0.3) is 17.1 Å². The van der Waals surface area contributed by atoms with Crippen LogP contribution >= 0.6 is 23.4 Å². The first-order chi connectivity index (χ1) is 17.1. The normalized spacial score (nSPS) is 11.6. The van der Waals surface area contributed by atoms with Crippen molar-refractivity contribution in [1.29, 1.82) is 0 Å². The highest BCUT2D eigenvalue weighted by Crippen LogP contribution is 2.33. The Kier molecular flexibility index (Phi) is 7.86. The van der Waals surface area contributed by atoms with E-state index < -0.39 is 0 Å². The van der Waals surface area contributed by atoms with Crippen molar-refractivity contribution in [2.24, 2.45) is 0 Å². The predicted octanol–water partition coefficient (Wildman–Crippen LogP) is 7.74. The van der Waals surface area contributed by atoms with Crippen LogP contribution in [0.2, 0.25) is 5.02 Å². The van der Waals surface area contributed by atoms with Crippen LogP contribution in [0.3, 0.4) is 0 Å². The maximum atomic E-state index is 13.0. The molecule has 0 aliphatic rings. The van der Waals surface area contributed by atoms with Gasteiger partial charge in [-0.15, -0.1) is 10.2 Å². The number of rotatable bonds is 7. The molecule has 4 aromatic rings. The van der Waals surface area contributed by atoms with Crippen LogP contribution in [0.5, 0.6) is 0 Å². The number of nitrogens with zero attached hydrogens (tertiary/aromatic N) is 3. The number of carbonyl (C=O) groups excluding carboxylic acids is 1. The predicted molar refractivity (Wildman–Crippen MR) is 150 cm³/mol. The summed E-state index contributed by atoms with van der Waals surface area (Å²) in [7, 11) is 0. The molecule has 0 radical (unpaired) electrons. The lowest BCUT2D eigenvalue weighted by Crippen LogP contribution is -2.20. The van der Waals surface area contributed by atoms with E-state index in [1.807, 2.05) is 59.2 Å². The molecule has 1 N–H and O–H groups in total. The highest BCUT2D eigenvalue weighted by Gasteiger charge is 2.22. The Bertz CT molecular complexity index is 1360. The number of benzene rings is 3. The summed E-state index contributed by atoms with van der Waals surface area (Å²) in [6, 6.07) is 23.7. The Labute approximate surface area is 222 Å². The highest BCUT2D eigenvalue weighted by atomic mass is 35.5. The standard InChI is InChI=1S/C29H31ClN4OS/c1-19(2)22-10-6-9-13-25(22)34-27(20-14-16-21(30)17-15-20)32-33-28(34)36-18-26(35)31-24-12-8-7-11-23(24)29(3,4)5/h6-17,19H,18H2,1-5H3,(H,31,35). The van der Waals surface area contributed by atoms with Gasteiger partial charge in [-0.3, -0.25) is 9.36 Å². The maximum Gasteiger partial charge on any atom is 0.234 e. The lowest BCUT2D eigenvalue weighted by Gasteiger charge is -2.23. The van der Waals surface area contributed by atoms with Gasteiger partial charge in [0.2, 0.25) is 5.91 Å². The topological polar surface area (TPSA) is 59.8 Å². The molecular formula is C29H31ClN4OS. The van der Waals surface area contributed by atoms with Crippen molar-refractivity contribution in [3.63, 3.8) is 0 Å². The molecule has 3 aromatic carbocycles. The Morgan fingerprint density at radius 2 is 1.64 bits per heavy atom. The van der Waals surface area contributed by atoms with Gasteiger partial charge in [0.1, 0.15) is 0 Å². The third kappa shape index (κ3) is 5.82. The van der Waals surface area contributed by atoms with Crippen LogP contribution in [-0.2, 0) is 10.2 Å². The van der Waals surface area contributed by atoms with E-state index in [1.54, 1.807) is 0 Å². The fraction of sp³-hybridized carbons (Fsp3) is 0.276. The van der Waals surface area contributed by atoms with Gasteiger partial charge in [0, 0.05) is 16.3 Å². The minimum Gasteiger partial charge on any atom is -0.325 e. The number of hydrogen-bond donors (Lipinski definition) is 1. The molecule has 186 valence electrons. The number of anilines is 1. The zero-order valence-corrected chi connectivity index (χ0v) is 22.8. The Morgan fingerprint density at radius 1 is 0.972 bits per heavy atom. The fourth-order valence-corrected chi connectivity index (χ4v) is 4.98. The number of halogens is 1. The van der Waals surface area contributed by atoms with Crippen molar-refractivity contribution in [3.05, 3.63) is 88.9 Å². The second-order valence-electron chi connectivity index (χ2n) is 9.99. The summed E-state index contributed by atoms with van der Waals surface area (Å²) in [5, 5.41) is 13.4. The summed E-state index contributed by atoms with van der Waals surface area (Å²) in [4.78, 5) is 13.0. The zero-order valence-electron chi connectivity index (χ0n) is 21.2. The van der Waals surface area contributed by atoms with Gasteiger partial charge in [-0.1, -0.05) is 94.4 Å². The molecule has 0 saturated heterocycles. The molecule has 1 aromatic heterocycles. The molecule has 0 aliphatic carbocycles. The van der Waals surface area contributed by atoms with Gasteiger partial charge in [-0.05, 0) is 58.9 Å². The van der Waals surface area contributed by atoms with Crippen molar-refractivity contribution >= 4 is 35.0 Å². The third-order valence-corrected chi connectivity index (χ3v) is 7.06. The highest BCUT2D eigenvalue weighted by molar-refractivity contribution is 7.99. The summed E-state index contributed by atoms with van der Waals surface area (Å²) in [5.74, 6) is 1.13. The van der Waals surface area contributed by atoms with Gasteiger partial charge in [-0.2, -0.15) is 0 Å². The average molecular weight is 519 g/mol. The van der Waals surface area contributed by atoms with Crippen LogP contribution in [0.4, 0.5) is 5.69 Å². The molecule has 4 rings (SSSR count). The van der Waals surface area contributed by atoms with E-state index in [0.29, 0.717) is 21.9 Å². The number of thioether (sulfide) groups is 1. The molecule has 0 saturated carbocycles. The molecule has 7 heteroatoms. The van der Waals surface area contributed by atoms with E-state index in [2.05, 4.69) is 68.3 Å². The molecular weight excluding hydrogens is 488 g/mol. The van der Waals surface area contributed by atoms with Crippen LogP contribution in [0.1, 0.15) is 51.7 Å². The van der Waals surface area contributed by atoms with Crippen LogP contribution in [-0.4, -0.2) is 26.4 Å². The van der Waals surface area contributed by atoms with Crippen LogP contribution in [0, 0.1) is 0 Å². The van der Waals surface area contributed by atoms with Crippen molar-refractivity contribution in [3.8, 4) is 17.1 Å². The molecule has 0 spiro atoms.